The highest BCUT2D eigenvalue weighted by Crippen LogP contribution is 2.21. The van der Waals surface area contributed by atoms with Crippen molar-refractivity contribution in [3.63, 3.8) is 0 Å². The van der Waals surface area contributed by atoms with Crippen molar-refractivity contribution in [2.45, 2.75) is 38.1 Å². The van der Waals surface area contributed by atoms with Gasteiger partial charge in [0.1, 0.15) is 0 Å². The van der Waals surface area contributed by atoms with Crippen LogP contribution in [0.25, 0.3) is 6.08 Å². The number of carbonyl (C=O) groups is 1. The molecule has 1 saturated carbocycles. The third kappa shape index (κ3) is 4.10. The average molecular weight is 278 g/mol. The predicted molar refractivity (Wildman–Crippen MR) is 80.1 cm³/mol. The lowest BCUT2D eigenvalue weighted by Crippen LogP contribution is -2.37. The van der Waals surface area contributed by atoms with E-state index in [0.29, 0.717) is 11.1 Å². The highest BCUT2D eigenvalue weighted by molar-refractivity contribution is 6.30. The summed E-state index contributed by atoms with van der Waals surface area (Å²) in [5, 5.41) is 0.711. The maximum Gasteiger partial charge on any atom is 0.246 e. The van der Waals surface area contributed by atoms with E-state index in [0.717, 1.165) is 18.4 Å². The van der Waals surface area contributed by atoms with E-state index in [2.05, 4.69) is 0 Å². The maximum atomic E-state index is 12.1. The van der Waals surface area contributed by atoms with Crippen molar-refractivity contribution in [1.82, 2.24) is 4.90 Å². The molecule has 1 aromatic rings. The zero-order valence-electron chi connectivity index (χ0n) is 11.3. The maximum absolute atomic E-state index is 12.1. The lowest BCUT2D eigenvalue weighted by Gasteiger charge is -2.30. The highest BCUT2D eigenvalue weighted by Gasteiger charge is 2.20. The minimum Gasteiger partial charge on any atom is -0.339 e. The predicted octanol–water partition coefficient (Wildman–Crippen LogP) is 4.14. The van der Waals surface area contributed by atoms with Gasteiger partial charge in [-0.1, -0.05) is 43.0 Å². The number of nitrogens with zero attached hydrogens (tertiary/aromatic N) is 1. The van der Waals surface area contributed by atoms with Gasteiger partial charge in [0.15, 0.2) is 0 Å². The summed E-state index contributed by atoms with van der Waals surface area (Å²) in [6.45, 7) is 0. The van der Waals surface area contributed by atoms with Gasteiger partial charge in [-0.25, -0.2) is 0 Å². The summed E-state index contributed by atoms with van der Waals surface area (Å²) in [7, 11) is 1.91. The Bertz CT molecular complexity index is 446. The van der Waals surface area contributed by atoms with Crippen LogP contribution < -0.4 is 0 Å². The minimum absolute atomic E-state index is 0.0850. The molecule has 19 heavy (non-hydrogen) atoms. The molecule has 2 rings (SSSR count). The second-order valence-electron chi connectivity index (χ2n) is 5.13. The number of benzene rings is 1. The first-order valence-electron chi connectivity index (χ1n) is 6.87. The van der Waals surface area contributed by atoms with Crippen molar-refractivity contribution in [2.24, 2.45) is 0 Å². The second-order valence-corrected chi connectivity index (χ2v) is 5.56. The van der Waals surface area contributed by atoms with Crippen molar-refractivity contribution in [3.05, 3.63) is 40.9 Å². The number of hydrogen-bond acceptors (Lipinski definition) is 1. The number of halogens is 1. The third-order valence-corrected chi connectivity index (χ3v) is 4.01. The number of hydrogen-bond donors (Lipinski definition) is 0. The van der Waals surface area contributed by atoms with Gasteiger partial charge in [0.05, 0.1) is 0 Å². The first-order valence-corrected chi connectivity index (χ1v) is 7.25. The van der Waals surface area contributed by atoms with Gasteiger partial charge in [0.25, 0.3) is 0 Å². The quantitative estimate of drug-likeness (QED) is 0.760. The standard InChI is InChI=1S/C16H20ClNO/c1-18(15-5-3-2-4-6-15)16(19)12-9-13-7-10-14(17)11-8-13/h7-12,15H,2-6H2,1H3. The Morgan fingerprint density at radius 2 is 1.84 bits per heavy atom. The van der Waals surface area contributed by atoms with E-state index in [1.54, 1.807) is 6.08 Å². The molecular weight excluding hydrogens is 258 g/mol. The van der Waals surface area contributed by atoms with E-state index in [1.807, 2.05) is 42.3 Å². The number of carbonyl (C=O) groups excluding carboxylic acids is 1. The fourth-order valence-corrected chi connectivity index (χ4v) is 2.63. The molecule has 0 unspecified atom stereocenters. The lowest BCUT2D eigenvalue weighted by molar-refractivity contribution is -0.127. The summed E-state index contributed by atoms with van der Waals surface area (Å²) in [6.07, 6.45) is 9.55. The van der Waals surface area contributed by atoms with Crippen LogP contribution >= 0.6 is 11.6 Å². The minimum atomic E-state index is 0.0850. The van der Waals surface area contributed by atoms with Gasteiger partial charge < -0.3 is 4.90 Å². The number of likely N-dealkylation sites (N-methyl/N-ethyl adjacent to an activating group) is 1. The van der Waals surface area contributed by atoms with Gasteiger partial charge >= 0.3 is 0 Å². The Hall–Kier alpha value is -1.28. The van der Waals surface area contributed by atoms with Gasteiger partial charge in [-0.2, -0.15) is 0 Å². The molecule has 0 spiro atoms. The molecular formula is C16H20ClNO. The second kappa shape index (κ2) is 6.76. The van der Waals surface area contributed by atoms with Crippen molar-refractivity contribution in [1.29, 1.82) is 0 Å². The Morgan fingerprint density at radius 1 is 1.21 bits per heavy atom. The largest absolute Gasteiger partial charge is 0.339 e. The van der Waals surface area contributed by atoms with Gasteiger partial charge in [0, 0.05) is 24.2 Å². The van der Waals surface area contributed by atoms with Crippen LogP contribution in [-0.4, -0.2) is 23.9 Å². The van der Waals surface area contributed by atoms with Crippen LogP contribution in [0.2, 0.25) is 5.02 Å². The van der Waals surface area contributed by atoms with Crippen LogP contribution in [0, 0.1) is 0 Å². The van der Waals surface area contributed by atoms with Crippen LogP contribution in [0.15, 0.2) is 30.3 Å². The van der Waals surface area contributed by atoms with Gasteiger partial charge in [0.2, 0.25) is 5.91 Å². The Balaban J connectivity index is 1.93. The molecule has 0 atom stereocenters. The van der Waals surface area contributed by atoms with E-state index in [-0.39, 0.29) is 5.91 Å². The molecule has 1 aromatic carbocycles. The Labute approximate surface area is 120 Å². The summed E-state index contributed by atoms with van der Waals surface area (Å²) in [6, 6.07) is 7.89. The fourth-order valence-electron chi connectivity index (χ4n) is 2.51. The monoisotopic (exact) mass is 277 g/mol. The van der Waals surface area contributed by atoms with E-state index in [4.69, 9.17) is 11.6 Å². The molecule has 0 aliphatic heterocycles. The Morgan fingerprint density at radius 3 is 2.47 bits per heavy atom. The van der Waals surface area contributed by atoms with Gasteiger partial charge in [-0.05, 0) is 36.6 Å². The molecule has 102 valence electrons. The molecule has 0 radical (unpaired) electrons. The molecule has 0 bridgehead atoms. The van der Waals surface area contributed by atoms with Crippen molar-refractivity contribution < 1.29 is 4.79 Å². The van der Waals surface area contributed by atoms with Gasteiger partial charge in [-0.3, -0.25) is 4.79 Å². The molecule has 0 heterocycles. The van der Waals surface area contributed by atoms with E-state index >= 15 is 0 Å². The van der Waals surface area contributed by atoms with Crippen LogP contribution in [-0.2, 0) is 4.79 Å². The molecule has 0 saturated heterocycles. The molecule has 1 amide bonds. The highest BCUT2D eigenvalue weighted by atomic mass is 35.5. The van der Waals surface area contributed by atoms with E-state index in [1.165, 1.54) is 19.3 Å². The summed E-state index contributed by atoms with van der Waals surface area (Å²) >= 11 is 5.83. The first kappa shape index (κ1) is 14.1. The molecule has 1 fully saturated rings. The van der Waals surface area contributed by atoms with Crippen LogP contribution in [0.3, 0.4) is 0 Å². The molecule has 1 aliphatic carbocycles. The number of rotatable bonds is 3. The summed E-state index contributed by atoms with van der Waals surface area (Å²) < 4.78 is 0. The Kier molecular flexibility index (Phi) is 5.03. The normalized spacial score (nSPS) is 16.7. The van der Waals surface area contributed by atoms with E-state index in [9.17, 15) is 4.79 Å². The SMILES string of the molecule is CN(C(=O)C=Cc1ccc(Cl)cc1)C1CCCCC1. The molecule has 0 aromatic heterocycles. The zero-order chi connectivity index (χ0) is 13.7. The molecule has 1 aliphatic rings. The van der Waals surface area contributed by atoms with Crippen molar-refractivity contribution in [2.75, 3.05) is 7.05 Å². The molecule has 0 N–H and O–H groups in total. The van der Waals surface area contributed by atoms with Crippen LogP contribution in [0.4, 0.5) is 0 Å². The summed E-state index contributed by atoms with van der Waals surface area (Å²) in [5.41, 5.74) is 0.995. The van der Waals surface area contributed by atoms with Crippen LogP contribution in [0.1, 0.15) is 37.7 Å². The van der Waals surface area contributed by atoms with Gasteiger partial charge in [-0.15, -0.1) is 0 Å². The smallest absolute Gasteiger partial charge is 0.246 e. The zero-order valence-corrected chi connectivity index (χ0v) is 12.1. The molecule has 2 nitrogen and oxygen atoms in total. The van der Waals surface area contributed by atoms with Crippen LogP contribution in [0.5, 0.6) is 0 Å². The number of amides is 1. The topological polar surface area (TPSA) is 20.3 Å². The summed E-state index contributed by atoms with van der Waals surface area (Å²) in [4.78, 5) is 14.0. The fraction of sp³-hybridized carbons (Fsp3) is 0.438. The van der Waals surface area contributed by atoms with Crippen molar-refractivity contribution >= 4 is 23.6 Å². The lowest BCUT2D eigenvalue weighted by atomic mass is 9.94. The summed E-state index contributed by atoms with van der Waals surface area (Å²) in [5.74, 6) is 0.0850. The third-order valence-electron chi connectivity index (χ3n) is 3.76. The first-order chi connectivity index (χ1) is 9.16. The average Bonchev–Trinajstić information content (AvgIpc) is 2.46. The molecule has 3 heteroatoms. The van der Waals surface area contributed by atoms with Crippen molar-refractivity contribution in [3.8, 4) is 0 Å². The van der Waals surface area contributed by atoms with E-state index < -0.39 is 0 Å².